The maximum Gasteiger partial charge on any atom is 0.226 e. The Morgan fingerprint density at radius 2 is 1.72 bits per heavy atom. The van der Waals surface area contributed by atoms with Crippen LogP contribution in [0, 0.1) is 0 Å². The van der Waals surface area contributed by atoms with Gasteiger partial charge in [0.15, 0.2) is 0 Å². The Kier molecular flexibility index (Phi) is 5.26. The topological polar surface area (TPSA) is 77.0 Å². The molecule has 0 radical (unpaired) electrons. The van der Waals surface area contributed by atoms with Gasteiger partial charge in [-0.15, -0.1) is 0 Å². The monoisotopic (exact) mass is 255 g/mol. The van der Waals surface area contributed by atoms with Crippen molar-refractivity contribution in [2.75, 3.05) is 33.3 Å². The fraction of sp³-hybridized carbons (Fsp3) is 0.417. The molecule has 0 aliphatic carbocycles. The highest BCUT2D eigenvalue weighted by Crippen LogP contribution is 2.38. The normalized spacial score (nSPS) is 9.78. The van der Waals surface area contributed by atoms with Crippen LogP contribution < -0.4 is 19.5 Å². The molecule has 0 saturated heterocycles. The summed E-state index contributed by atoms with van der Waals surface area (Å²) in [7, 11) is 4.49. The number of carbonyl (C=O) groups is 1. The number of methoxy groups -OCH3 is 3. The molecule has 0 spiro atoms. The summed E-state index contributed by atoms with van der Waals surface area (Å²) in [6.07, 6.45) is 0.0122. The zero-order chi connectivity index (χ0) is 13.5. The molecule has 0 aliphatic rings. The van der Waals surface area contributed by atoms with Crippen LogP contribution in [0.25, 0.3) is 0 Å². The van der Waals surface area contributed by atoms with E-state index < -0.39 is 0 Å². The number of nitrogens with one attached hydrogen (secondary N) is 1. The van der Waals surface area contributed by atoms with Crippen molar-refractivity contribution in [2.24, 2.45) is 0 Å². The molecule has 0 heterocycles. The highest BCUT2D eigenvalue weighted by molar-refractivity contribution is 5.94. The van der Waals surface area contributed by atoms with Crippen molar-refractivity contribution < 1.29 is 24.1 Å². The minimum absolute atomic E-state index is 0.0122. The molecule has 0 unspecified atom stereocenters. The van der Waals surface area contributed by atoms with Gasteiger partial charge in [-0.05, 0) is 0 Å². The molecule has 18 heavy (non-hydrogen) atoms. The van der Waals surface area contributed by atoms with Crippen LogP contribution in [0.4, 0.5) is 5.69 Å². The predicted molar refractivity (Wildman–Crippen MR) is 66.4 cm³/mol. The lowest BCUT2D eigenvalue weighted by atomic mass is 10.2. The molecule has 100 valence electrons. The predicted octanol–water partition coefficient (Wildman–Crippen LogP) is 1.03. The Hall–Kier alpha value is -1.95. The number of ether oxygens (including phenoxy) is 3. The SMILES string of the molecule is COc1cc(OC)c(NC(=O)CCO)c(OC)c1. The minimum atomic E-state index is -0.320. The van der Waals surface area contributed by atoms with Crippen molar-refractivity contribution in [1.29, 1.82) is 0 Å². The van der Waals surface area contributed by atoms with Crippen LogP contribution in [0.1, 0.15) is 6.42 Å². The van der Waals surface area contributed by atoms with Crippen LogP contribution in [0.2, 0.25) is 0 Å². The summed E-state index contributed by atoms with van der Waals surface area (Å²) in [4.78, 5) is 11.5. The number of amides is 1. The molecule has 0 saturated carbocycles. The standard InChI is InChI=1S/C12H17NO5/c1-16-8-6-9(17-2)12(10(7-8)18-3)13-11(15)4-5-14/h6-7,14H,4-5H2,1-3H3,(H,13,15). The first-order valence-corrected chi connectivity index (χ1v) is 5.37. The van der Waals surface area contributed by atoms with E-state index in [0.717, 1.165) is 0 Å². The van der Waals surface area contributed by atoms with Gasteiger partial charge < -0.3 is 24.6 Å². The van der Waals surface area contributed by atoms with Gasteiger partial charge in [-0.25, -0.2) is 0 Å². The third-order valence-corrected chi connectivity index (χ3v) is 2.32. The van der Waals surface area contributed by atoms with Crippen molar-refractivity contribution in [1.82, 2.24) is 0 Å². The first kappa shape index (κ1) is 14.1. The highest BCUT2D eigenvalue weighted by Gasteiger charge is 2.15. The molecule has 0 fully saturated rings. The van der Waals surface area contributed by atoms with Crippen LogP contribution in [-0.4, -0.2) is 38.9 Å². The second-order valence-electron chi connectivity index (χ2n) is 3.43. The Morgan fingerprint density at radius 3 is 2.11 bits per heavy atom. The number of rotatable bonds is 6. The first-order chi connectivity index (χ1) is 8.65. The van der Waals surface area contributed by atoms with E-state index in [1.165, 1.54) is 21.3 Å². The number of benzene rings is 1. The van der Waals surface area contributed by atoms with Crippen molar-refractivity contribution in [3.05, 3.63) is 12.1 Å². The largest absolute Gasteiger partial charge is 0.496 e. The van der Waals surface area contributed by atoms with E-state index in [2.05, 4.69) is 5.32 Å². The molecule has 1 aromatic rings. The summed E-state index contributed by atoms with van der Waals surface area (Å²) >= 11 is 0. The maximum absolute atomic E-state index is 11.5. The van der Waals surface area contributed by atoms with E-state index in [1.807, 2.05) is 0 Å². The molecule has 0 aromatic heterocycles. The van der Waals surface area contributed by atoms with Crippen molar-refractivity contribution in [3.63, 3.8) is 0 Å². The smallest absolute Gasteiger partial charge is 0.226 e. The van der Waals surface area contributed by atoms with E-state index in [0.29, 0.717) is 22.9 Å². The van der Waals surface area contributed by atoms with Gasteiger partial charge in [0.2, 0.25) is 5.91 Å². The van der Waals surface area contributed by atoms with Gasteiger partial charge in [-0.1, -0.05) is 0 Å². The van der Waals surface area contributed by atoms with Crippen LogP contribution in [-0.2, 0) is 4.79 Å². The Balaban J connectivity index is 3.10. The lowest BCUT2D eigenvalue weighted by molar-refractivity contribution is -0.116. The Labute approximate surface area is 105 Å². The number of aliphatic hydroxyl groups is 1. The Bertz CT molecular complexity index is 394. The van der Waals surface area contributed by atoms with Crippen molar-refractivity contribution in [3.8, 4) is 17.2 Å². The number of aliphatic hydroxyl groups excluding tert-OH is 1. The fourth-order valence-corrected chi connectivity index (χ4v) is 1.43. The van der Waals surface area contributed by atoms with E-state index in [9.17, 15) is 4.79 Å². The molecule has 2 N–H and O–H groups in total. The van der Waals surface area contributed by atoms with Crippen LogP contribution in [0.15, 0.2) is 12.1 Å². The van der Waals surface area contributed by atoms with Gasteiger partial charge >= 0.3 is 0 Å². The van der Waals surface area contributed by atoms with Gasteiger partial charge in [0, 0.05) is 12.1 Å². The molecule has 1 amide bonds. The number of anilines is 1. The molecule has 0 bridgehead atoms. The third kappa shape index (κ3) is 3.27. The lowest BCUT2D eigenvalue weighted by Gasteiger charge is -2.15. The second kappa shape index (κ2) is 6.70. The number of hydrogen-bond donors (Lipinski definition) is 2. The van der Waals surface area contributed by atoms with Gasteiger partial charge in [0.25, 0.3) is 0 Å². The highest BCUT2D eigenvalue weighted by atomic mass is 16.5. The van der Waals surface area contributed by atoms with E-state index >= 15 is 0 Å². The summed E-state index contributed by atoms with van der Waals surface area (Å²) in [5.41, 5.74) is 0.416. The summed E-state index contributed by atoms with van der Waals surface area (Å²) in [6.45, 7) is -0.216. The molecule has 6 heteroatoms. The van der Waals surface area contributed by atoms with Crippen LogP contribution in [0.3, 0.4) is 0 Å². The lowest BCUT2D eigenvalue weighted by Crippen LogP contribution is -2.14. The molecular formula is C12H17NO5. The van der Waals surface area contributed by atoms with Crippen molar-refractivity contribution in [2.45, 2.75) is 6.42 Å². The number of hydrogen-bond acceptors (Lipinski definition) is 5. The van der Waals surface area contributed by atoms with Crippen LogP contribution in [0.5, 0.6) is 17.2 Å². The average molecular weight is 255 g/mol. The van der Waals surface area contributed by atoms with Gasteiger partial charge in [0.1, 0.15) is 22.9 Å². The zero-order valence-corrected chi connectivity index (χ0v) is 10.6. The minimum Gasteiger partial charge on any atom is -0.496 e. The molecule has 0 atom stereocenters. The number of carbonyl (C=O) groups excluding carboxylic acids is 1. The summed E-state index contributed by atoms with van der Waals surface area (Å²) in [5, 5.41) is 11.3. The fourth-order valence-electron chi connectivity index (χ4n) is 1.43. The summed E-state index contributed by atoms with van der Waals surface area (Å²) in [6, 6.07) is 3.27. The molecule has 0 aliphatic heterocycles. The van der Waals surface area contributed by atoms with Gasteiger partial charge in [0.05, 0.1) is 34.4 Å². The Morgan fingerprint density at radius 1 is 1.17 bits per heavy atom. The van der Waals surface area contributed by atoms with E-state index in [1.54, 1.807) is 12.1 Å². The van der Waals surface area contributed by atoms with Gasteiger partial charge in [-0.3, -0.25) is 4.79 Å². The molecule has 1 aromatic carbocycles. The molecule has 6 nitrogen and oxygen atoms in total. The summed E-state index contributed by atoms with van der Waals surface area (Å²) < 4.78 is 15.4. The average Bonchev–Trinajstić information content (AvgIpc) is 2.39. The zero-order valence-electron chi connectivity index (χ0n) is 10.6. The summed E-state index contributed by atoms with van der Waals surface area (Å²) in [5.74, 6) is 1.10. The second-order valence-corrected chi connectivity index (χ2v) is 3.43. The van der Waals surface area contributed by atoms with E-state index in [-0.39, 0.29) is 18.9 Å². The quantitative estimate of drug-likeness (QED) is 0.794. The van der Waals surface area contributed by atoms with Crippen molar-refractivity contribution >= 4 is 11.6 Å². The maximum atomic E-state index is 11.5. The third-order valence-electron chi connectivity index (χ3n) is 2.32. The van der Waals surface area contributed by atoms with E-state index in [4.69, 9.17) is 19.3 Å². The molecule has 1 rings (SSSR count). The van der Waals surface area contributed by atoms with Gasteiger partial charge in [-0.2, -0.15) is 0 Å². The molecular weight excluding hydrogens is 238 g/mol. The first-order valence-electron chi connectivity index (χ1n) is 5.37. The van der Waals surface area contributed by atoms with Crippen LogP contribution >= 0.6 is 0 Å².